The average Bonchev–Trinajstić information content (AvgIpc) is 2.90. The molecule has 0 saturated heterocycles. The van der Waals surface area contributed by atoms with E-state index in [0.717, 1.165) is 60.8 Å². The molecule has 0 aliphatic rings. The Labute approximate surface area is 253 Å². The Hall–Kier alpha value is -3.35. The zero-order chi connectivity index (χ0) is 31.3. The monoisotopic (exact) mass is 579 g/mol. The Morgan fingerprint density at radius 2 is 1.50 bits per heavy atom. The van der Waals surface area contributed by atoms with Crippen molar-refractivity contribution in [3.63, 3.8) is 0 Å². The Kier molecular flexibility index (Phi) is 14.1. The van der Waals surface area contributed by atoms with Crippen molar-refractivity contribution >= 4 is 17.9 Å². The van der Waals surface area contributed by atoms with Crippen LogP contribution in [0.3, 0.4) is 0 Å². The second-order valence-corrected chi connectivity index (χ2v) is 12.4. The van der Waals surface area contributed by atoms with E-state index < -0.39 is 23.8 Å². The van der Waals surface area contributed by atoms with E-state index in [9.17, 15) is 14.4 Å². The van der Waals surface area contributed by atoms with Crippen LogP contribution in [-0.4, -0.2) is 47.0 Å². The molecule has 2 rings (SSSR count). The molecule has 7 nitrogen and oxygen atoms in total. The van der Waals surface area contributed by atoms with Crippen molar-refractivity contribution in [3.05, 3.63) is 70.8 Å². The van der Waals surface area contributed by atoms with Crippen LogP contribution in [0.2, 0.25) is 0 Å². The molecule has 2 N–H and O–H groups in total. The zero-order valence-corrected chi connectivity index (χ0v) is 27.1. The van der Waals surface area contributed by atoms with Gasteiger partial charge in [-0.2, -0.15) is 0 Å². The van der Waals surface area contributed by atoms with E-state index in [1.165, 1.54) is 0 Å². The molecule has 232 valence electrons. The average molecular weight is 580 g/mol. The van der Waals surface area contributed by atoms with Gasteiger partial charge in [-0.15, -0.1) is 0 Å². The Balaban J connectivity index is 2.62. The topological polar surface area (TPSA) is 87.7 Å². The van der Waals surface area contributed by atoms with Crippen molar-refractivity contribution in [1.29, 1.82) is 0 Å². The molecule has 2 aromatic carbocycles. The number of carbonyl (C=O) groups excluding carboxylic acids is 3. The summed E-state index contributed by atoms with van der Waals surface area (Å²) >= 11 is 0. The highest BCUT2D eigenvalue weighted by Crippen LogP contribution is 2.30. The predicted molar refractivity (Wildman–Crippen MR) is 170 cm³/mol. The molecule has 0 saturated carbocycles. The molecular formula is C35H53N3O4. The number of benzene rings is 2. The first-order valence-corrected chi connectivity index (χ1v) is 15.6. The smallest absolute Gasteiger partial charge is 0.408 e. The molecule has 0 fully saturated rings. The van der Waals surface area contributed by atoms with Gasteiger partial charge in [-0.3, -0.25) is 9.59 Å². The minimum atomic E-state index is -0.916. The highest BCUT2D eigenvalue weighted by atomic mass is 16.6. The Morgan fingerprint density at radius 1 is 0.857 bits per heavy atom. The fraction of sp³-hybridized carbons (Fsp3) is 0.571. The van der Waals surface area contributed by atoms with Crippen molar-refractivity contribution in [1.82, 2.24) is 15.5 Å². The van der Waals surface area contributed by atoms with E-state index in [0.29, 0.717) is 6.54 Å². The van der Waals surface area contributed by atoms with E-state index in [1.807, 2.05) is 69.3 Å². The van der Waals surface area contributed by atoms with Crippen molar-refractivity contribution in [2.24, 2.45) is 0 Å². The van der Waals surface area contributed by atoms with Crippen LogP contribution in [0.4, 0.5) is 4.79 Å². The molecule has 3 amide bonds. The molecule has 0 heterocycles. The van der Waals surface area contributed by atoms with Gasteiger partial charge in [0.1, 0.15) is 17.7 Å². The highest BCUT2D eigenvalue weighted by Gasteiger charge is 2.37. The van der Waals surface area contributed by atoms with Crippen LogP contribution in [-0.2, 0) is 20.7 Å². The number of nitrogens with one attached hydrogen (secondary N) is 2. The molecule has 0 spiro atoms. The number of ether oxygens (including phenoxy) is 1. The third-order valence-corrected chi connectivity index (χ3v) is 7.29. The predicted octanol–water partition coefficient (Wildman–Crippen LogP) is 7.19. The van der Waals surface area contributed by atoms with Crippen molar-refractivity contribution in [2.45, 2.75) is 124 Å². The fourth-order valence-corrected chi connectivity index (χ4v) is 5.29. The quantitative estimate of drug-likeness (QED) is 0.219. The number of hydrogen-bond donors (Lipinski definition) is 2. The van der Waals surface area contributed by atoms with Crippen LogP contribution in [0.5, 0.6) is 0 Å². The molecule has 3 atom stereocenters. The summed E-state index contributed by atoms with van der Waals surface area (Å²) in [7, 11) is 0. The van der Waals surface area contributed by atoms with E-state index in [-0.39, 0.29) is 24.3 Å². The summed E-state index contributed by atoms with van der Waals surface area (Å²) in [6.07, 6.45) is 5.19. The summed E-state index contributed by atoms with van der Waals surface area (Å²) in [6.45, 7) is 16.0. The molecule has 7 heteroatoms. The Bertz CT molecular complexity index is 1120. The van der Waals surface area contributed by atoms with Crippen LogP contribution in [0, 0.1) is 13.8 Å². The van der Waals surface area contributed by atoms with Crippen LogP contribution < -0.4 is 10.6 Å². The SMILES string of the molecule is CCCCCCN(C(=O)C(Cc1ccccc1)NC(=O)OC(C)(C)C)C(C(=O)NC(C)CCC)c1c(C)cccc1C. The van der Waals surface area contributed by atoms with Gasteiger partial charge in [0, 0.05) is 19.0 Å². The maximum Gasteiger partial charge on any atom is 0.408 e. The molecule has 0 aromatic heterocycles. The van der Waals surface area contributed by atoms with Crippen LogP contribution in [0.15, 0.2) is 48.5 Å². The number of alkyl carbamates (subject to hydrolysis) is 1. The van der Waals surface area contributed by atoms with Gasteiger partial charge in [0.15, 0.2) is 0 Å². The molecule has 0 bridgehead atoms. The molecule has 0 aliphatic carbocycles. The van der Waals surface area contributed by atoms with E-state index in [4.69, 9.17) is 4.74 Å². The normalized spacial score (nSPS) is 13.5. The molecule has 2 aromatic rings. The lowest BCUT2D eigenvalue weighted by atomic mass is 9.92. The second-order valence-electron chi connectivity index (χ2n) is 12.4. The van der Waals surface area contributed by atoms with Gasteiger partial charge >= 0.3 is 6.09 Å². The third-order valence-electron chi connectivity index (χ3n) is 7.29. The molecule has 0 aliphatic heterocycles. The first-order chi connectivity index (χ1) is 19.9. The number of unbranched alkanes of at least 4 members (excludes halogenated alkanes) is 3. The van der Waals surface area contributed by atoms with E-state index >= 15 is 0 Å². The third kappa shape index (κ3) is 11.1. The number of amides is 3. The lowest BCUT2D eigenvalue weighted by molar-refractivity contribution is -0.142. The van der Waals surface area contributed by atoms with Gasteiger partial charge in [-0.25, -0.2) is 4.79 Å². The number of nitrogens with zero attached hydrogens (tertiary/aromatic N) is 1. The minimum Gasteiger partial charge on any atom is -0.444 e. The summed E-state index contributed by atoms with van der Waals surface area (Å²) in [4.78, 5) is 43.5. The maximum atomic E-state index is 14.6. The minimum absolute atomic E-state index is 0.0358. The van der Waals surface area contributed by atoms with Crippen LogP contribution >= 0.6 is 0 Å². The number of hydrogen-bond acceptors (Lipinski definition) is 4. The van der Waals surface area contributed by atoms with Gasteiger partial charge in [0.2, 0.25) is 11.8 Å². The molecule has 0 radical (unpaired) electrons. The summed E-state index contributed by atoms with van der Waals surface area (Å²) in [5, 5.41) is 6.04. The van der Waals surface area contributed by atoms with Crippen molar-refractivity contribution < 1.29 is 19.1 Å². The van der Waals surface area contributed by atoms with Gasteiger partial charge in [0.25, 0.3) is 0 Å². The first-order valence-electron chi connectivity index (χ1n) is 15.6. The van der Waals surface area contributed by atoms with Gasteiger partial charge in [-0.05, 0) is 76.6 Å². The molecular weight excluding hydrogens is 526 g/mol. The summed E-state index contributed by atoms with van der Waals surface area (Å²) in [5.74, 6) is -0.500. The van der Waals surface area contributed by atoms with E-state index in [2.05, 4.69) is 24.5 Å². The van der Waals surface area contributed by atoms with Gasteiger partial charge in [-0.1, -0.05) is 88.1 Å². The number of carbonyl (C=O) groups is 3. The zero-order valence-electron chi connectivity index (χ0n) is 27.1. The second kappa shape index (κ2) is 16.9. The number of aryl methyl sites for hydroxylation is 2. The maximum absolute atomic E-state index is 14.6. The van der Waals surface area contributed by atoms with Crippen molar-refractivity contribution in [3.8, 4) is 0 Å². The standard InChI is InChI=1S/C35H53N3O4/c1-9-11-12-16-23-38(31(32(39)36-27(5)18-10-2)30-25(3)19-17-20-26(30)4)33(40)29(24-28-21-14-13-15-22-28)37-34(41)42-35(6,7)8/h13-15,17,19-22,27,29,31H,9-12,16,18,23-24H2,1-8H3,(H,36,39)(H,37,41). The largest absolute Gasteiger partial charge is 0.444 e. The molecule has 3 unspecified atom stereocenters. The first kappa shape index (κ1) is 34.8. The number of rotatable bonds is 15. The van der Waals surface area contributed by atoms with Crippen molar-refractivity contribution in [2.75, 3.05) is 6.54 Å². The van der Waals surface area contributed by atoms with Crippen LogP contribution in [0.1, 0.15) is 108 Å². The lowest BCUT2D eigenvalue weighted by Gasteiger charge is -2.36. The molecule has 42 heavy (non-hydrogen) atoms. The summed E-state index contributed by atoms with van der Waals surface area (Å²) < 4.78 is 5.56. The summed E-state index contributed by atoms with van der Waals surface area (Å²) in [6, 6.07) is 13.8. The Morgan fingerprint density at radius 3 is 2.07 bits per heavy atom. The van der Waals surface area contributed by atoms with Gasteiger partial charge < -0.3 is 20.3 Å². The highest BCUT2D eigenvalue weighted by molar-refractivity contribution is 5.92. The van der Waals surface area contributed by atoms with Crippen LogP contribution in [0.25, 0.3) is 0 Å². The van der Waals surface area contributed by atoms with Gasteiger partial charge in [0.05, 0.1) is 0 Å². The summed E-state index contributed by atoms with van der Waals surface area (Å²) in [5.41, 5.74) is 2.91. The fourth-order valence-electron chi connectivity index (χ4n) is 5.29. The van der Waals surface area contributed by atoms with E-state index in [1.54, 1.807) is 25.7 Å². The lowest BCUT2D eigenvalue weighted by Crippen LogP contribution is -2.54.